The molecule has 1 aliphatic rings. The van der Waals surface area contributed by atoms with Crippen molar-refractivity contribution in [3.8, 4) is 11.3 Å². The third kappa shape index (κ3) is 4.08. The standard InChI is InChI=1S/C17H20BrNS2.ClH/c1-3-17(2)10-13(8-9-21-17)16-19-15(11-20-16)12-4-6-14(18)7-5-12;/h4-7,11,13H,3,8-10H2,1-2H3;1H. The Morgan fingerprint density at radius 1 is 1.32 bits per heavy atom. The molecule has 0 amide bonds. The van der Waals surface area contributed by atoms with Gasteiger partial charge in [0.15, 0.2) is 0 Å². The summed E-state index contributed by atoms with van der Waals surface area (Å²) >= 11 is 7.46. The van der Waals surface area contributed by atoms with Crippen LogP contribution in [-0.2, 0) is 0 Å². The Hall–Kier alpha value is -0.0300. The summed E-state index contributed by atoms with van der Waals surface area (Å²) in [6.07, 6.45) is 3.79. The van der Waals surface area contributed by atoms with E-state index in [0.29, 0.717) is 10.7 Å². The molecule has 3 rings (SSSR count). The van der Waals surface area contributed by atoms with Crippen LogP contribution in [0.4, 0.5) is 0 Å². The van der Waals surface area contributed by atoms with E-state index < -0.39 is 0 Å². The van der Waals surface area contributed by atoms with E-state index in [1.54, 1.807) is 0 Å². The lowest BCUT2D eigenvalue weighted by atomic mass is 9.91. The van der Waals surface area contributed by atoms with Gasteiger partial charge in [-0.3, -0.25) is 0 Å². The van der Waals surface area contributed by atoms with Crippen LogP contribution in [0.5, 0.6) is 0 Å². The number of nitrogens with zero attached hydrogens (tertiary/aromatic N) is 1. The van der Waals surface area contributed by atoms with Gasteiger partial charge in [0, 0.05) is 26.1 Å². The van der Waals surface area contributed by atoms with Crippen LogP contribution in [0.2, 0.25) is 0 Å². The first-order valence-electron chi connectivity index (χ1n) is 7.45. The molecule has 1 saturated heterocycles. The second kappa shape index (κ2) is 7.69. The van der Waals surface area contributed by atoms with Crippen molar-refractivity contribution in [1.82, 2.24) is 4.98 Å². The van der Waals surface area contributed by atoms with Crippen molar-refractivity contribution in [2.24, 2.45) is 0 Å². The van der Waals surface area contributed by atoms with Crippen LogP contribution in [0, 0.1) is 0 Å². The summed E-state index contributed by atoms with van der Waals surface area (Å²) in [4.78, 5) is 4.93. The predicted octanol–water partition coefficient (Wildman–Crippen LogP) is 6.77. The number of hydrogen-bond donors (Lipinski definition) is 0. The quantitative estimate of drug-likeness (QED) is 0.545. The van der Waals surface area contributed by atoms with Gasteiger partial charge in [0.25, 0.3) is 0 Å². The van der Waals surface area contributed by atoms with Crippen molar-refractivity contribution < 1.29 is 0 Å². The fourth-order valence-electron chi connectivity index (χ4n) is 2.82. The molecule has 0 saturated carbocycles. The minimum atomic E-state index is 0. The average Bonchev–Trinajstić information content (AvgIpc) is 2.98. The van der Waals surface area contributed by atoms with Gasteiger partial charge in [-0.2, -0.15) is 11.8 Å². The molecule has 1 aromatic heterocycles. The predicted molar refractivity (Wildman–Crippen MR) is 106 cm³/mol. The molecular weight excluding hydrogens is 398 g/mol. The lowest BCUT2D eigenvalue weighted by Crippen LogP contribution is -2.27. The number of halogens is 2. The molecule has 0 N–H and O–H groups in total. The topological polar surface area (TPSA) is 12.9 Å². The normalized spacial score (nSPS) is 24.8. The van der Waals surface area contributed by atoms with Crippen LogP contribution in [0.1, 0.15) is 44.0 Å². The molecule has 0 aliphatic carbocycles. The molecule has 22 heavy (non-hydrogen) atoms. The Labute approximate surface area is 155 Å². The van der Waals surface area contributed by atoms with Crippen LogP contribution in [0.3, 0.4) is 0 Å². The van der Waals surface area contributed by atoms with Gasteiger partial charge in [-0.05, 0) is 37.1 Å². The van der Waals surface area contributed by atoms with E-state index in [0.717, 1.165) is 10.2 Å². The minimum absolute atomic E-state index is 0. The van der Waals surface area contributed by atoms with Gasteiger partial charge >= 0.3 is 0 Å². The van der Waals surface area contributed by atoms with Crippen LogP contribution in [0.25, 0.3) is 11.3 Å². The smallest absolute Gasteiger partial charge is 0.0964 e. The SMILES string of the molecule is CCC1(C)CC(c2nc(-c3ccc(Br)cc3)cs2)CCS1.Cl. The molecule has 120 valence electrons. The first-order chi connectivity index (χ1) is 10.1. The average molecular weight is 419 g/mol. The number of benzene rings is 1. The lowest BCUT2D eigenvalue weighted by molar-refractivity contribution is 0.468. The molecule has 1 aliphatic heterocycles. The van der Waals surface area contributed by atoms with Gasteiger partial charge in [0.2, 0.25) is 0 Å². The van der Waals surface area contributed by atoms with Crippen molar-refractivity contribution in [1.29, 1.82) is 0 Å². The highest BCUT2D eigenvalue weighted by Crippen LogP contribution is 2.46. The zero-order chi connectivity index (χ0) is 14.9. The van der Waals surface area contributed by atoms with E-state index in [4.69, 9.17) is 4.98 Å². The highest BCUT2D eigenvalue weighted by Gasteiger charge is 2.33. The van der Waals surface area contributed by atoms with Crippen molar-refractivity contribution in [3.05, 3.63) is 39.1 Å². The van der Waals surface area contributed by atoms with Crippen molar-refractivity contribution in [2.45, 2.75) is 43.8 Å². The van der Waals surface area contributed by atoms with E-state index in [-0.39, 0.29) is 12.4 Å². The van der Waals surface area contributed by atoms with Crippen molar-refractivity contribution in [2.75, 3.05) is 5.75 Å². The van der Waals surface area contributed by atoms with Crippen molar-refractivity contribution in [3.63, 3.8) is 0 Å². The van der Waals surface area contributed by atoms with E-state index in [9.17, 15) is 0 Å². The second-order valence-corrected chi connectivity index (χ2v) is 9.41. The van der Waals surface area contributed by atoms with E-state index >= 15 is 0 Å². The number of hydrogen-bond acceptors (Lipinski definition) is 3. The summed E-state index contributed by atoms with van der Waals surface area (Å²) in [5.74, 6) is 1.91. The lowest BCUT2D eigenvalue weighted by Gasteiger charge is -2.36. The summed E-state index contributed by atoms with van der Waals surface area (Å²) in [5.41, 5.74) is 2.34. The third-order valence-corrected chi connectivity index (χ3v) is 7.48. The third-order valence-electron chi connectivity index (χ3n) is 4.35. The Morgan fingerprint density at radius 2 is 2.05 bits per heavy atom. The number of rotatable bonds is 3. The number of aromatic nitrogens is 1. The molecule has 0 bridgehead atoms. The Balaban J connectivity index is 0.00000176. The molecule has 1 fully saturated rings. The Morgan fingerprint density at radius 3 is 2.73 bits per heavy atom. The molecule has 2 heterocycles. The van der Waals surface area contributed by atoms with Crippen LogP contribution in [0.15, 0.2) is 34.1 Å². The zero-order valence-corrected chi connectivity index (χ0v) is 16.9. The first kappa shape index (κ1) is 18.3. The number of thiazole rings is 1. The Kier molecular flexibility index (Phi) is 6.40. The molecule has 1 aromatic carbocycles. The molecule has 5 heteroatoms. The highest BCUT2D eigenvalue weighted by molar-refractivity contribution is 9.10. The van der Waals surface area contributed by atoms with Crippen molar-refractivity contribution >= 4 is 51.4 Å². The Bertz CT molecular complexity index is 613. The van der Waals surface area contributed by atoms with Crippen LogP contribution >= 0.6 is 51.4 Å². The molecule has 2 atom stereocenters. The minimum Gasteiger partial charge on any atom is -0.241 e. The van der Waals surface area contributed by atoms with Gasteiger partial charge in [0.05, 0.1) is 10.7 Å². The zero-order valence-electron chi connectivity index (χ0n) is 12.8. The fraction of sp³-hybridized carbons (Fsp3) is 0.471. The van der Waals surface area contributed by atoms with E-state index in [2.05, 4.69) is 71.2 Å². The van der Waals surface area contributed by atoms with Crippen LogP contribution < -0.4 is 0 Å². The monoisotopic (exact) mass is 417 g/mol. The van der Waals surface area contributed by atoms with E-state index in [1.807, 2.05) is 11.3 Å². The van der Waals surface area contributed by atoms with Gasteiger partial charge in [-0.25, -0.2) is 4.98 Å². The largest absolute Gasteiger partial charge is 0.241 e. The molecule has 0 spiro atoms. The van der Waals surface area contributed by atoms with E-state index in [1.165, 1.54) is 35.6 Å². The number of thioether (sulfide) groups is 1. The van der Waals surface area contributed by atoms with Gasteiger partial charge in [-0.15, -0.1) is 23.7 Å². The maximum absolute atomic E-state index is 4.93. The molecule has 1 nitrogen and oxygen atoms in total. The van der Waals surface area contributed by atoms with Crippen LogP contribution in [-0.4, -0.2) is 15.5 Å². The summed E-state index contributed by atoms with van der Waals surface area (Å²) in [7, 11) is 0. The summed E-state index contributed by atoms with van der Waals surface area (Å²) in [6.45, 7) is 4.72. The first-order valence-corrected chi connectivity index (χ1v) is 10.1. The van der Waals surface area contributed by atoms with Gasteiger partial charge < -0.3 is 0 Å². The maximum Gasteiger partial charge on any atom is 0.0964 e. The summed E-state index contributed by atoms with van der Waals surface area (Å²) in [5, 5.41) is 3.54. The highest BCUT2D eigenvalue weighted by atomic mass is 79.9. The van der Waals surface area contributed by atoms with Gasteiger partial charge in [0.1, 0.15) is 0 Å². The fourth-order valence-corrected chi connectivity index (χ4v) is 5.46. The van der Waals surface area contributed by atoms with Gasteiger partial charge in [-0.1, -0.05) is 41.9 Å². The molecular formula is C17H21BrClNS2. The molecule has 2 unspecified atom stereocenters. The summed E-state index contributed by atoms with van der Waals surface area (Å²) in [6, 6.07) is 8.44. The second-order valence-electron chi connectivity index (χ2n) is 5.92. The molecule has 0 radical (unpaired) electrons. The maximum atomic E-state index is 4.93. The molecule has 2 aromatic rings. The summed E-state index contributed by atoms with van der Waals surface area (Å²) < 4.78 is 1.55.